The molecule has 1 heterocycles. The van der Waals surface area contributed by atoms with Gasteiger partial charge in [0.1, 0.15) is 5.69 Å². The molecule has 2 aromatic rings. The van der Waals surface area contributed by atoms with E-state index >= 15 is 0 Å². The number of carboxylic acids is 1. The second-order valence-corrected chi connectivity index (χ2v) is 6.62. The minimum Gasteiger partial charge on any atom is -0.477 e. The van der Waals surface area contributed by atoms with Gasteiger partial charge in [-0.3, -0.25) is 0 Å². The number of carbonyl (C=O) groups is 1. The summed E-state index contributed by atoms with van der Waals surface area (Å²) in [5.74, 6) is -1.16. The maximum absolute atomic E-state index is 12.3. The lowest BCUT2D eigenvalue weighted by Crippen LogP contribution is -2.22. The third-order valence-electron chi connectivity index (χ3n) is 2.89. The van der Waals surface area contributed by atoms with Gasteiger partial charge in [0.25, 0.3) is 0 Å². The van der Waals surface area contributed by atoms with Crippen LogP contribution in [0, 0.1) is 0 Å². The summed E-state index contributed by atoms with van der Waals surface area (Å²) in [6, 6.07) is 10.8. The fourth-order valence-electron chi connectivity index (χ4n) is 1.80. The van der Waals surface area contributed by atoms with Gasteiger partial charge in [0.05, 0.1) is 10.6 Å². The number of nitrogens with zero attached hydrogens (tertiary/aromatic N) is 2. The summed E-state index contributed by atoms with van der Waals surface area (Å²) in [5, 5.41) is 8.98. The molecule has 0 radical (unpaired) electrons. The van der Waals surface area contributed by atoms with Gasteiger partial charge in [-0.25, -0.2) is 22.5 Å². The molecule has 0 aliphatic carbocycles. The van der Waals surface area contributed by atoms with Gasteiger partial charge in [-0.15, -0.1) is 0 Å². The van der Waals surface area contributed by atoms with Crippen molar-refractivity contribution in [2.45, 2.75) is 4.90 Å². The first-order chi connectivity index (χ1) is 9.84. The number of sulfonamides is 1. The first-order valence-corrected chi connectivity index (χ1v) is 7.50. The standard InChI is InChI=1S/C14H14N2O4S/c1-16(2)21(19,20)13-9-4-3-6-10(13)11-7-5-8-12(15-11)14(17)18/h3-9H,1-2H3,(H,17,18). The highest BCUT2D eigenvalue weighted by molar-refractivity contribution is 7.89. The van der Waals surface area contributed by atoms with E-state index in [1.54, 1.807) is 24.3 Å². The van der Waals surface area contributed by atoms with E-state index in [1.165, 1.54) is 32.3 Å². The Morgan fingerprint density at radius 3 is 2.38 bits per heavy atom. The Morgan fingerprint density at radius 2 is 1.76 bits per heavy atom. The molecule has 0 atom stereocenters. The monoisotopic (exact) mass is 306 g/mol. The fourth-order valence-corrected chi connectivity index (χ4v) is 2.90. The van der Waals surface area contributed by atoms with Crippen LogP contribution in [0.1, 0.15) is 10.5 Å². The van der Waals surface area contributed by atoms with E-state index in [1.807, 2.05) is 0 Å². The smallest absolute Gasteiger partial charge is 0.354 e. The summed E-state index contributed by atoms with van der Waals surface area (Å²) in [6.45, 7) is 0. The van der Waals surface area contributed by atoms with Crippen molar-refractivity contribution < 1.29 is 18.3 Å². The summed E-state index contributed by atoms with van der Waals surface area (Å²) in [6.07, 6.45) is 0. The van der Waals surface area contributed by atoms with Crippen molar-refractivity contribution in [3.05, 3.63) is 48.2 Å². The van der Waals surface area contributed by atoms with Crippen LogP contribution in [-0.2, 0) is 10.0 Å². The highest BCUT2D eigenvalue weighted by Gasteiger charge is 2.22. The number of aromatic carboxylic acids is 1. The molecule has 21 heavy (non-hydrogen) atoms. The molecule has 1 aromatic heterocycles. The molecular weight excluding hydrogens is 292 g/mol. The number of rotatable bonds is 4. The van der Waals surface area contributed by atoms with E-state index in [4.69, 9.17) is 5.11 Å². The van der Waals surface area contributed by atoms with Gasteiger partial charge >= 0.3 is 5.97 Å². The lowest BCUT2D eigenvalue weighted by molar-refractivity contribution is 0.0690. The van der Waals surface area contributed by atoms with Gasteiger partial charge in [0, 0.05) is 19.7 Å². The van der Waals surface area contributed by atoms with Crippen LogP contribution in [0.3, 0.4) is 0 Å². The first-order valence-electron chi connectivity index (χ1n) is 6.06. The van der Waals surface area contributed by atoms with Crippen LogP contribution in [0.5, 0.6) is 0 Å². The van der Waals surface area contributed by atoms with Crippen LogP contribution < -0.4 is 0 Å². The summed E-state index contributed by atoms with van der Waals surface area (Å²) in [7, 11) is -0.767. The van der Waals surface area contributed by atoms with Gasteiger partial charge in [0.2, 0.25) is 10.0 Å². The van der Waals surface area contributed by atoms with Crippen molar-refractivity contribution >= 4 is 16.0 Å². The third-order valence-corrected chi connectivity index (χ3v) is 4.76. The first kappa shape index (κ1) is 15.1. The summed E-state index contributed by atoms with van der Waals surface area (Å²) in [4.78, 5) is 15.1. The summed E-state index contributed by atoms with van der Waals surface area (Å²) >= 11 is 0. The Hall–Kier alpha value is -2.25. The highest BCUT2D eigenvalue weighted by atomic mass is 32.2. The second-order valence-electron chi connectivity index (χ2n) is 4.50. The van der Waals surface area contributed by atoms with Crippen LogP contribution in [-0.4, -0.2) is 42.9 Å². The van der Waals surface area contributed by atoms with Gasteiger partial charge in [-0.05, 0) is 18.2 Å². The Kier molecular flexibility index (Phi) is 4.06. The van der Waals surface area contributed by atoms with E-state index in [-0.39, 0.29) is 10.6 Å². The third kappa shape index (κ3) is 2.93. The van der Waals surface area contributed by atoms with Crippen LogP contribution in [0.25, 0.3) is 11.3 Å². The molecule has 0 saturated heterocycles. The van der Waals surface area contributed by atoms with E-state index in [2.05, 4.69) is 4.98 Å². The topological polar surface area (TPSA) is 87.6 Å². The Labute approximate surface area is 122 Å². The molecule has 0 fully saturated rings. The molecule has 6 nitrogen and oxygen atoms in total. The zero-order valence-corrected chi connectivity index (χ0v) is 12.3. The van der Waals surface area contributed by atoms with Crippen LogP contribution in [0.4, 0.5) is 0 Å². The second kappa shape index (κ2) is 5.63. The molecule has 0 saturated carbocycles. The SMILES string of the molecule is CN(C)S(=O)(=O)c1ccccc1-c1cccc(C(=O)O)n1. The Balaban J connectivity index is 2.66. The molecule has 7 heteroatoms. The predicted molar refractivity (Wildman–Crippen MR) is 77.5 cm³/mol. The van der Waals surface area contributed by atoms with Crippen molar-refractivity contribution in [1.82, 2.24) is 9.29 Å². The number of hydrogen-bond donors (Lipinski definition) is 1. The predicted octanol–water partition coefficient (Wildman–Crippen LogP) is 1.70. The number of pyridine rings is 1. The summed E-state index contributed by atoms with van der Waals surface area (Å²) in [5.41, 5.74) is 0.537. The Bertz CT molecular complexity index is 785. The molecule has 0 amide bonds. The molecule has 1 aromatic carbocycles. The van der Waals surface area contributed by atoms with Gasteiger partial charge in [0.15, 0.2) is 0 Å². The number of hydrogen-bond acceptors (Lipinski definition) is 4. The maximum Gasteiger partial charge on any atom is 0.354 e. The van der Waals surface area contributed by atoms with Crippen molar-refractivity contribution in [3.8, 4) is 11.3 Å². The zero-order chi connectivity index (χ0) is 15.6. The molecule has 0 aliphatic rings. The normalized spacial score (nSPS) is 11.6. The van der Waals surface area contributed by atoms with Gasteiger partial charge in [-0.1, -0.05) is 24.3 Å². The molecule has 1 N–H and O–H groups in total. The number of benzene rings is 1. The fraction of sp³-hybridized carbons (Fsp3) is 0.143. The minimum absolute atomic E-state index is 0.0880. The van der Waals surface area contributed by atoms with Crippen molar-refractivity contribution in [1.29, 1.82) is 0 Å². The van der Waals surface area contributed by atoms with E-state index in [9.17, 15) is 13.2 Å². The molecule has 0 unspecified atom stereocenters. The lowest BCUT2D eigenvalue weighted by atomic mass is 10.1. The lowest BCUT2D eigenvalue weighted by Gasteiger charge is -2.14. The minimum atomic E-state index is -3.64. The largest absolute Gasteiger partial charge is 0.477 e. The van der Waals surface area contributed by atoms with Crippen molar-refractivity contribution in [2.24, 2.45) is 0 Å². The van der Waals surface area contributed by atoms with E-state index in [0.717, 1.165) is 4.31 Å². The molecule has 110 valence electrons. The van der Waals surface area contributed by atoms with E-state index < -0.39 is 16.0 Å². The van der Waals surface area contributed by atoms with Crippen LogP contribution in [0.15, 0.2) is 47.4 Å². The summed E-state index contributed by atoms with van der Waals surface area (Å²) < 4.78 is 25.8. The number of aromatic nitrogens is 1. The zero-order valence-electron chi connectivity index (χ0n) is 11.5. The maximum atomic E-state index is 12.3. The molecular formula is C14H14N2O4S. The number of carboxylic acid groups (broad SMARTS) is 1. The Morgan fingerprint density at radius 1 is 1.10 bits per heavy atom. The van der Waals surface area contributed by atoms with Crippen molar-refractivity contribution in [2.75, 3.05) is 14.1 Å². The van der Waals surface area contributed by atoms with Crippen LogP contribution in [0.2, 0.25) is 0 Å². The average Bonchev–Trinajstić information content (AvgIpc) is 2.47. The average molecular weight is 306 g/mol. The molecule has 2 rings (SSSR count). The molecule has 0 aliphatic heterocycles. The van der Waals surface area contributed by atoms with Crippen molar-refractivity contribution in [3.63, 3.8) is 0 Å². The quantitative estimate of drug-likeness (QED) is 0.929. The van der Waals surface area contributed by atoms with Crippen LogP contribution >= 0.6 is 0 Å². The van der Waals surface area contributed by atoms with Gasteiger partial charge < -0.3 is 5.11 Å². The highest BCUT2D eigenvalue weighted by Crippen LogP contribution is 2.27. The molecule has 0 bridgehead atoms. The van der Waals surface area contributed by atoms with Gasteiger partial charge in [-0.2, -0.15) is 0 Å². The van der Waals surface area contributed by atoms with E-state index in [0.29, 0.717) is 11.3 Å². The molecule has 0 spiro atoms.